The van der Waals surface area contributed by atoms with Crippen LogP contribution in [0.5, 0.6) is 0 Å². The average Bonchev–Trinajstić information content (AvgIpc) is 3.41. The van der Waals surface area contributed by atoms with Crippen LogP contribution in [0.25, 0.3) is 17.0 Å². The zero-order valence-electron chi connectivity index (χ0n) is 22.3. The third kappa shape index (κ3) is 7.12. The van der Waals surface area contributed by atoms with Gasteiger partial charge in [-0.1, -0.05) is 54.6 Å². The zero-order valence-corrected chi connectivity index (χ0v) is 23.1. The number of hydrogen-bond donors (Lipinski definition) is 4. The maximum atomic E-state index is 13.4. The first-order valence-electron chi connectivity index (χ1n) is 13.0. The minimum atomic E-state index is -0.462. The van der Waals surface area contributed by atoms with Crippen LogP contribution in [0.15, 0.2) is 126 Å². The molecule has 3 amide bonds. The molecule has 4 aromatic carbocycles. The van der Waals surface area contributed by atoms with Crippen molar-refractivity contribution in [2.75, 3.05) is 10.6 Å². The maximum absolute atomic E-state index is 13.4. The highest BCUT2D eigenvalue weighted by Gasteiger charge is 2.17. The van der Waals surface area contributed by atoms with Gasteiger partial charge in [-0.2, -0.15) is 0 Å². The lowest BCUT2D eigenvalue weighted by molar-refractivity contribution is -0.115. The van der Waals surface area contributed by atoms with E-state index in [1.807, 2.05) is 79.7 Å². The van der Waals surface area contributed by atoms with Crippen molar-refractivity contribution >= 4 is 57.8 Å². The number of H-pyrrole nitrogens is 1. The number of amides is 3. The van der Waals surface area contributed by atoms with Gasteiger partial charge in [-0.05, 0) is 67.6 Å². The maximum Gasteiger partial charge on any atom is 0.272 e. The van der Waals surface area contributed by atoms with Crippen LogP contribution in [0.3, 0.4) is 0 Å². The normalized spacial score (nSPS) is 12.0. The largest absolute Gasteiger partial charge is 0.361 e. The summed E-state index contributed by atoms with van der Waals surface area (Å²) in [6.07, 6.45) is 3.46. The molecular formula is C33H28N4O3S. The SMILES string of the molecule is CC(Sc1ccc(NC(=O)/C(=C/c2c[nH]c3ccccc23)NC(=O)c2ccccc2)cc1)C(=O)Nc1ccccc1. The van der Waals surface area contributed by atoms with Crippen molar-refractivity contribution in [2.45, 2.75) is 17.1 Å². The van der Waals surface area contributed by atoms with Crippen LogP contribution in [0, 0.1) is 0 Å². The fourth-order valence-corrected chi connectivity index (χ4v) is 5.02. The number of para-hydroxylation sites is 2. The summed E-state index contributed by atoms with van der Waals surface area (Å²) in [7, 11) is 0. The topological polar surface area (TPSA) is 103 Å². The first kappa shape index (κ1) is 27.5. The minimum absolute atomic E-state index is 0.0974. The summed E-state index contributed by atoms with van der Waals surface area (Å²) < 4.78 is 0. The third-order valence-electron chi connectivity index (χ3n) is 6.29. The van der Waals surface area contributed by atoms with Gasteiger partial charge in [-0.3, -0.25) is 14.4 Å². The molecular weight excluding hydrogens is 532 g/mol. The minimum Gasteiger partial charge on any atom is -0.361 e. The Hall–Kier alpha value is -5.08. The number of nitrogens with one attached hydrogen (secondary N) is 4. The molecule has 0 bridgehead atoms. The molecule has 0 aliphatic rings. The fraction of sp³-hybridized carbons (Fsp3) is 0.0606. The third-order valence-corrected chi connectivity index (χ3v) is 7.40. The Balaban J connectivity index is 1.29. The number of carbonyl (C=O) groups excluding carboxylic acids is 3. The lowest BCUT2D eigenvalue weighted by atomic mass is 10.1. The molecule has 0 radical (unpaired) electrons. The predicted molar refractivity (Wildman–Crippen MR) is 166 cm³/mol. The highest BCUT2D eigenvalue weighted by atomic mass is 32.2. The van der Waals surface area contributed by atoms with E-state index in [0.29, 0.717) is 11.3 Å². The Kier molecular flexibility index (Phi) is 8.61. The van der Waals surface area contributed by atoms with Gasteiger partial charge in [0.15, 0.2) is 0 Å². The standard InChI is InChI=1S/C33H28N4O3S/c1-22(31(38)35-25-12-6-3-7-13-25)41-27-18-16-26(17-19-27)36-33(40)30(37-32(39)23-10-4-2-5-11-23)20-24-21-34-29-15-9-8-14-28(24)29/h2-22,34H,1H3,(H,35,38)(H,36,40)(H,37,39)/b30-20-. The van der Waals surface area contributed by atoms with E-state index in [-0.39, 0.29) is 22.8 Å². The van der Waals surface area contributed by atoms with Crippen molar-refractivity contribution in [3.05, 3.63) is 132 Å². The van der Waals surface area contributed by atoms with E-state index in [2.05, 4.69) is 20.9 Å². The molecule has 0 saturated heterocycles. The number of carbonyl (C=O) groups is 3. The van der Waals surface area contributed by atoms with Crippen molar-refractivity contribution < 1.29 is 14.4 Å². The van der Waals surface area contributed by atoms with E-state index >= 15 is 0 Å². The van der Waals surface area contributed by atoms with Crippen LogP contribution >= 0.6 is 11.8 Å². The molecule has 4 N–H and O–H groups in total. The Morgan fingerprint density at radius 1 is 0.756 bits per heavy atom. The van der Waals surface area contributed by atoms with E-state index in [1.54, 1.807) is 48.7 Å². The van der Waals surface area contributed by atoms with Gasteiger partial charge in [0, 0.05) is 44.5 Å². The quantitative estimate of drug-likeness (QED) is 0.119. The number of fused-ring (bicyclic) bond motifs is 1. The summed E-state index contributed by atoms with van der Waals surface area (Å²) in [6, 6.07) is 33.0. The van der Waals surface area contributed by atoms with Crippen LogP contribution in [0.4, 0.5) is 11.4 Å². The molecule has 0 saturated carbocycles. The number of aromatic amines is 1. The Morgan fingerprint density at radius 3 is 2.12 bits per heavy atom. The number of benzene rings is 4. The molecule has 8 heteroatoms. The van der Waals surface area contributed by atoms with E-state index in [9.17, 15) is 14.4 Å². The summed E-state index contributed by atoms with van der Waals surface area (Å²) >= 11 is 1.42. The molecule has 1 aromatic heterocycles. The number of anilines is 2. The van der Waals surface area contributed by atoms with E-state index < -0.39 is 5.91 Å². The highest BCUT2D eigenvalue weighted by molar-refractivity contribution is 8.00. The zero-order chi connectivity index (χ0) is 28.6. The highest BCUT2D eigenvalue weighted by Crippen LogP contribution is 2.26. The van der Waals surface area contributed by atoms with Crippen molar-refractivity contribution in [3.8, 4) is 0 Å². The van der Waals surface area contributed by atoms with Crippen molar-refractivity contribution in [2.24, 2.45) is 0 Å². The number of hydrogen-bond acceptors (Lipinski definition) is 4. The van der Waals surface area contributed by atoms with Gasteiger partial charge in [-0.25, -0.2) is 0 Å². The lowest BCUT2D eigenvalue weighted by Crippen LogP contribution is -2.30. The van der Waals surface area contributed by atoms with Crippen LogP contribution in [-0.4, -0.2) is 28.0 Å². The van der Waals surface area contributed by atoms with Gasteiger partial charge in [0.05, 0.1) is 5.25 Å². The Morgan fingerprint density at radius 2 is 1.39 bits per heavy atom. The summed E-state index contributed by atoms with van der Waals surface area (Å²) in [5.74, 6) is -0.947. The molecule has 0 spiro atoms. The van der Waals surface area contributed by atoms with Gasteiger partial charge in [0.2, 0.25) is 5.91 Å². The van der Waals surface area contributed by atoms with Crippen molar-refractivity contribution in [3.63, 3.8) is 0 Å². The van der Waals surface area contributed by atoms with E-state index in [1.165, 1.54) is 11.8 Å². The number of aromatic nitrogens is 1. The molecule has 5 aromatic rings. The summed E-state index contributed by atoms with van der Waals surface area (Å²) in [5, 5.41) is 9.16. The summed E-state index contributed by atoms with van der Waals surface area (Å²) in [6.45, 7) is 1.84. The van der Waals surface area contributed by atoms with E-state index in [0.717, 1.165) is 27.0 Å². The lowest BCUT2D eigenvalue weighted by Gasteiger charge is -2.13. The second-order valence-electron chi connectivity index (χ2n) is 9.26. The summed E-state index contributed by atoms with van der Waals surface area (Å²) in [5.41, 5.74) is 3.55. The monoisotopic (exact) mass is 560 g/mol. The van der Waals surface area contributed by atoms with Crippen LogP contribution in [0.1, 0.15) is 22.8 Å². The first-order valence-corrected chi connectivity index (χ1v) is 13.9. The van der Waals surface area contributed by atoms with Gasteiger partial charge in [0.1, 0.15) is 5.70 Å². The molecule has 0 fully saturated rings. The fourth-order valence-electron chi connectivity index (χ4n) is 4.15. The Labute approximate surface area is 242 Å². The van der Waals surface area contributed by atoms with Crippen LogP contribution < -0.4 is 16.0 Å². The second kappa shape index (κ2) is 12.8. The van der Waals surface area contributed by atoms with Gasteiger partial charge < -0.3 is 20.9 Å². The molecule has 5 rings (SSSR count). The predicted octanol–water partition coefficient (Wildman–Crippen LogP) is 6.70. The molecule has 41 heavy (non-hydrogen) atoms. The van der Waals surface area contributed by atoms with Crippen molar-refractivity contribution in [1.82, 2.24) is 10.3 Å². The number of thioether (sulfide) groups is 1. The smallest absolute Gasteiger partial charge is 0.272 e. The summed E-state index contributed by atoms with van der Waals surface area (Å²) in [4.78, 5) is 43.0. The van der Waals surface area contributed by atoms with E-state index in [4.69, 9.17) is 0 Å². The molecule has 1 heterocycles. The van der Waals surface area contributed by atoms with Gasteiger partial charge in [-0.15, -0.1) is 11.8 Å². The van der Waals surface area contributed by atoms with Crippen LogP contribution in [-0.2, 0) is 9.59 Å². The molecule has 0 aliphatic heterocycles. The van der Waals surface area contributed by atoms with Gasteiger partial charge >= 0.3 is 0 Å². The Bertz CT molecular complexity index is 1700. The van der Waals surface area contributed by atoms with Crippen molar-refractivity contribution in [1.29, 1.82) is 0 Å². The average molecular weight is 561 g/mol. The molecule has 1 unspecified atom stereocenters. The van der Waals surface area contributed by atoms with Crippen LogP contribution in [0.2, 0.25) is 0 Å². The molecule has 1 atom stereocenters. The molecule has 7 nitrogen and oxygen atoms in total. The number of rotatable bonds is 9. The first-order chi connectivity index (χ1) is 20.0. The van der Waals surface area contributed by atoms with Gasteiger partial charge in [0.25, 0.3) is 11.8 Å². The second-order valence-corrected chi connectivity index (χ2v) is 10.7. The molecule has 0 aliphatic carbocycles. The molecule has 204 valence electrons.